The topological polar surface area (TPSA) is 50.2 Å². The first-order valence-electron chi connectivity index (χ1n) is 8.76. The number of amides is 1. The number of nitrogens with zero attached hydrogens (tertiary/aromatic N) is 3. The molecule has 1 aromatic heterocycles. The van der Waals surface area contributed by atoms with Gasteiger partial charge in [0.05, 0.1) is 17.7 Å². The van der Waals surface area contributed by atoms with Crippen molar-refractivity contribution in [2.45, 2.75) is 52.2 Å². The lowest BCUT2D eigenvalue weighted by molar-refractivity contribution is -0.123. The second-order valence-corrected chi connectivity index (χ2v) is 7.06. The molecule has 25 heavy (non-hydrogen) atoms. The van der Waals surface area contributed by atoms with E-state index in [2.05, 4.69) is 47.5 Å². The van der Waals surface area contributed by atoms with E-state index in [4.69, 9.17) is 0 Å². The number of benzene rings is 1. The van der Waals surface area contributed by atoms with Crippen molar-refractivity contribution >= 4 is 11.6 Å². The van der Waals surface area contributed by atoms with Gasteiger partial charge in [-0.3, -0.25) is 9.69 Å². The summed E-state index contributed by atoms with van der Waals surface area (Å²) in [5.74, 6) is -0.427. The van der Waals surface area contributed by atoms with Gasteiger partial charge in [0.1, 0.15) is 11.9 Å². The van der Waals surface area contributed by atoms with E-state index in [0.29, 0.717) is 5.69 Å². The molecule has 1 aromatic carbocycles. The minimum absolute atomic E-state index is 0.108. The number of carbonyl (C=O) groups is 1. The Kier molecular flexibility index (Phi) is 4.90. The Balaban J connectivity index is 1.96. The van der Waals surface area contributed by atoms with Gasteiger partial charge in [-0.25, -0.2) is 9.37 Å². The number of halogens is 1. The molecule has 6 heteroatoms. The van der Waals surface area contributed by atoms with E-state index in [9.17, 15) is 9.18 Å². The smallest absolute Gasteiger partial charge is 0.247 e. The summed E-state index contributed by atoms with van der Waals surface area (Å²) in [4.78, 5) is 19.8. The number of carbonyl (C=O) groups excluding carboxylic acids is 1. The molecule has 0 aliphatic carbocycles. The second-order valence-electron chi connectivity index (χ2n) is 7.06. The molecule has 3 rings (SSSR count). The van der Waals surface area contributed by atoms with E-state index < -0.39 is 6.04 Å². The maximum Gasteiger partial charge on any atom is 0.247 e. The molecule has 1 atom stereocenters. The van der Waals surface area contributed by atoms with E-state index in [1.165, 1.54) is 12.1 Å². The van der Waals surface area contributed by atoms with Crippen LogP contribution in [0, 0.1) is 5.82 Å². The zero-order valence-electron chi connectivity index (χ0n) is 15.2. The molecule has 1 aliphatic heterocycles. The molecule has 0 saturated carbocycles. The second kappa shape index (κ2) is 6.96. The molecule has 0 radical (unpaired) electrons. The first-order chi connectivity index (χ1) is 11.9. The Bertz CT molecular complexity index is 751. The lowest BCUT2D eigenvalue weighted by atomic mass is 9.99. The fraction of sp³-hybridized carbons (Fsp3) is 0.474. The summed E-state index contributed by atoms with van der Waals surface area (Å²) < 4.78 is 15.2. The normalized spacial score (nSPS) is 17.8. The van der Waals surface area contributed by atoms with Gasteiger partial charge in [0.25, 0.3) is 0 Å². The molecule has 2 aromatic rings. The summed E-state index contributed by atoms with van der Waals surface area (Å²) in [6.45, 7) is 9.16. The number of nitrogens with one attached hydrogen (secondary N) is 1. The van der Waals surface area contributed by atoms with Gasteiger partial charge in [0, 0.05) is 30.7 Å². The minimum Gasteiger partial charge on any atom is -0.330 e. The predicted octanol–water partition coefficient (Wildman–Crippen LogP) is 3.55. The Hall–Kier alpha value is -2.21. The molecule has 1 unspecified atom stereocenters. The van der Waals surface area contributed by atoms with Crippen molar-refractivity contribution in [1.82, 2.24) is 14.5 Å². The van der Waals surface area contributed by atoms with Gasteiger partial charge in [-0.15, -0.1) is 0 Å². The molecule has 0 bridgehead atoms. The fourth-order valence-corrected chi connectivity index (χ4v) is 3.41. The minimum atomic E-state index is -0.404. The van der Waals surface area contributed by atoms with Crippen LogP contribution in [0.15, 0.2) is 30.6 Å². The van der Waals surface area contributed by atoms with Gasteiger partial charge < -0.3 is 9.88 Å². The van der Waals surface area contributed by atoms with Crippen molar-refractivity contribution in [3.63, 3.8) is 0 Å². The van der Waals surface area contributed by atoms with Crippen LogP contribution in [0.3, 0.4) is 0 Å². The highest BCUT2D eigenvalue weighted by Crippen LogP contribution is 2.33. The summed E-state index contributed by atoms with van der Waals surface area (Å²) in [6, 6.07) is 5.91. The molecular weight excluding hydrogens is 319 g/mol. The summed E-state index contributed by atoms with van der Waals surface area (Å²) in [5.41, 5.74) is 2.55. The fourth-order valence-electron chi connectivity index (χ4n) is 3.41. The standard InChI is InChI=1S/C19H25FN4O/c1-12(2)23-10-9-16-17(24(11-21-16)13(3)4)18(23)19(25)22-15-7-5-14(20)6-8-15/h5-8,11-13,18H,9-10H2,1-4H3,(H,22,25). The van der Waals surface area contributed by atoms with E-state index >= 15 is 0 Å². The zero-order chi connectivity index (χ0) is 18.1. The lowest BCUT2D eigenvalue weighted by Crippen LogP contribution is -2.46. The maximum atomic E-state index is 13.1. The van der Waals surface area contributed by atoms with Crippen LogP contribution in [0.5, 0.6) is 0 Å². The van der Waals surface area contributed by atoms with Crippen molar-refractivity contribution in [2.75, 3.05) is 11.9 Å². The number of hydrogen-bond donors (Lipinski definition) is 1. The first kappa shape index (κ1) is 17.6. The Morgan fingerprint density at radius 3 is 2.48 bits per heavy atom. The highest BCUT2D eigenvalue weighted by atomic mass is 19.1. The van der Waals surface area contributed by atoms with E-state index in [1.54, 1.807) is 12.1 Å². The molecule has 0 saturated heterocycles. The van der Waals surface area contributed by atoms with E-state index in [-0.39, 0.29) is 23.8 Å². The van der Waals surface area contributed by atoms with Crippen LogP contribution in [-0.4, -0.2) is 32.9 Å². The molecule has 5 nitrogen and oxygen atoms in total. The third-order valence-electron chi connectivity index (χ3n) is 4.69. The van der Waals surface area contributed by atoms with Crippen LogP contribution in [-0.2, 0) is 11.2 Å². The van der Waals surface area contributed by atoms with E-state index in [0.717, 1.165) is 24.4 Å². The van der Waals surface area contributed by atoms with Crippen LogP contribution < -0.4 is 5.32 Å². The van der Waals surface area contributed by atoms with Crippen LogP contribution >= 0.6 is 0 Å². The average molecular weight is 344 g/mol. The molecule has 1 N–H and O–H groups in total. The van der Waals surface area contributed by atoms with Crippen molar-refractivity contribution in [2.24, 2.45) is 0 Å². The van der Waals surface area contributed by atoms with Crippen molar-refractivity contribution in [1.29, 1.82) is 0 Å². The Morgan fingerprint density at radius 2 is 1.88 bits per heavy atom. The summed E-state index contributed by atoms with van der Waals surface area (Å²) >= 11 is 0. The number of fused-ring (bicyclic) bond motifs is 1. The van der Waals surface area contributed by atoms with Crippen LogP contribution in [0.1, 0.15) is 51.2 Å². The van der Waals surface area contributed by atoms with Gasteiger partial charge in [0.15, 0.2) is 0 Å². The van der Waals surface area contributed by atoms with Crippen molar-refractivity contribution < 1.29 is 9.18 Å². The van der Waals surface area contributed by atoms with Gasteiger partial charge in [-0.05, 0) is 52.0 Å². The number of aromatic nitrogens is 2. The third-order valence-corrected chi connectivity index (χ3v) is 4.69. The van der Waals surface area contributed by atoms with E-state index in [1.807, 2.05) is 6.33 Å². The van der Waals surface area contributed by atoms with Crippen LogP contribution in [0.4, 0.5) is 10.1 Å². The first-order valence-corrected chi connectivity index (χ1v) is 8.76. The lowest BCUT2D eigenvalue weighted by Gasteiger charge is -2.38. The molecule has 0 spiro atoms. The predicted molar refractivity (Wildman–Crippen MR) is 95.9 cm³/mol. The highest BCUT2D eigenvalue weighted by Gasteiger charge is 2.38. The number of anilines is 1. The summed E-state index contributed by atoms with van der Waals surface area (Å²) in [6.07, 6.45) is 2.67. The molecule has 134 valence electrons. The summed E-state index contributed by atoms with van der Waals surface area (Å²) in [7, 11) is 0. The van der Waals surface area contributed by atoms with Crippen molar-refractivity contribution in [3.05, 3.63) is 47.8 Å². The molecule has 1 aliphatic rings. The number of imidazole rings is 1. The number of hydrogen-bond acceptors (Lipinski definition) is 3. The SMILES string of the molecule is CC(C)N1CCc2ncn(C(C)C)c2C1C(=O)Nc1ccc(F)cc1. The van der Waals surface area contributed by atoms with Crippen LogP contribution in [0.25, 0.3) is 0 Å². The van der Waals surface area contributed by atoms with Gasteiger partial charge in [0.2, 0.25) is 5.91 Å². The molecule has 1 amide bonds. The summed E-state index contributed by atoms with van der Waals surface area (Å²) in [5, 5.41) is 2.93. The monoisotopic (exact) mass is 344 g/mol. The molecule has 2 heterocycles. The maximum absolute atomic E-state index is 13.1. The van der Waals surface area contributed by atoms with Crippen molar-refractivity contribution in [3.8, 4) is 0 Å². The average Bonchev–Trinajstić information content (AvgIpc) is 3.00. The molecular formula is C19H25FN4O. The number of rotatable bonds is 4. The Morgan fingerprint density at radius 1 is 1.20 bits per heavy atom. The molecule has 0 fully saturated rings. The van der Waals surface area contributed by atoms with Gasteiger partial charge in [-0.1, -0.05) is 0 Å². The zero-order valence-corrected chi connectivity index (χ0v) is 15.2. The quantitative estimate of drug-likeness (QED) is 0.923. The van der Waals surface area contributed by atoms with Gasteiger partial charge >= 0.3 is 0 Å². The van der Waals surface area contributed by atoms with Crippen LogP contribution in [0.2, 0.25) is 0 Å². The largest absolute Gasteiger partial charge is 0.330 e. The highest BCUT2D eigenvalue weighted by molar-refractivity contribution is 5.95. The van der Waals surface area contributed by atoms with Gasteiger partial charge in [-0.2, -0.15) is 0 Å². The Labute approximate surface area is 147 Å². The third kappa shape index (κ3) is 3.44.